The Labute approximate surface area is 179 Å². The van der Waals surface area contributed by atoms with Crippen LogP contribution in [-0.4, -0.2) is 23.7 Å². The maximum absolute atomic E-state index is 12.5. The third-order valence-electron chi connectivity index (χ3n) is 3.92. The van der Waals surface area contributed by atoms with E-state index in [1.54, 1.807) is 12.1 Å². The summed E-state index contributed by atoms with van der Waals surface area (Å²) < 4.78 is 27.3. The molecule has 7 nitrogen and oxygen atoms in total. The highest BCUT2D eigenvalue weighted by Crippen LogP contribution is 2.19. The van der Waals surface area contributed by atoms with Gasteiger partial charge in [-0.1, -0.05) is 29.3 Å². The van der Waals surface area contributed by atoms with Gasteiger partial charge in [-0.25, -0.2) is 8.42 Å². The predicted molar refractivity (Wildman–Crippen MR) is 120 cm³/mol. The average Bonchev–Trinajstić information content (AvgIpc) is 2.66. The molecular weight excluding hydrogens is 430 g/mol. The molecule has 0 aliphatic heterocycles. The lowest BCUT2D eigenvalue weighted by molar-refractivity contribution is 0.601. The smallest absolute Gasteiger partial charge is 0.263 e. The van der Waals surface area contributed by atoms with E-state index in [-0.39, 0.29) is 15.9 Å². The molecule has 1 aromatic heterocycles. The summed E-state index contributed by atoms with van der Waals surface area (Å²) in [4.78, 5) is 0.0769. The van der Waals surface area contributed by atoms with Crippen LogP contribution in [0.1, 0.15) is 11.1 Å². The number of hydrogen-bond acceptors (Lipinski definition) is 5. The van der Waals surface area contributed by atoms with Crippen LogP contribution in [0.2, 0.25) is 5.15 Å². The van der Waals surface area contributed by atoms with Crippen molar-refractivity contribution in [1.82, 2.24) is 10.2 Å². The summed E-state index contributed by atoms with van der Waals surface area (Å²) in [5.74, 6) is 0.0791. The molecule has 3 rings (SSSR count). The Bertz CT molecular complexity index is 1130. The number of benzene rings is 2. The standard InChI is InChI=1S/C19H18ClN5O2S2/c1-12-3-8-16(13(2)11-12)22-19(28)21-14-4-6-15(7-5-14)29(26,27)25-18-10-9-17(20)23-24-18/h3-11H,1-2H3,(H,24,25)(H2,21,22,28). The summed E-state index contributed by atoms with van der Waals surface area (Å²) in [6.07, 6.45) is 0. The largest absolute Gasteiger partial charge is 0.332 e. The zero-order chi connectivity index (χ0) is 21.0. The van der Waals surface area contributed by atoms with E-state index in [0.29, 0.717) is 10.8 Å². The van der Waals surface area contributed by atoms with Crippen molar-refractivity contribution in [2.75, 3.05) is 15.4 Å². The molecule has 10 heteroatoms. The third kappa shape index (κ3) is 5.63. The minimum atomic E-state index is -3.80. The molecule has 0 saturated carbocycles. The van der Waals surface area contributed by atoms with Gasteiger partial charge in [0.05, 0.1) is 4.90 Å². The fraction of sp³-hybridized carbons (Fsp3) is 0.105. The van der Waals surface area contributed by atoms with Crippen LogP contribution in [0, 0.1) is 13.8 Å². The first-order valence-electron chi connectivity index (χ1n) is 8.50. The van der Waals surface area contributed by atoms with Crippen LogP contribution in [0.3, 0.4) is 0 Å². The van der Waals surface area contributed by atoms with Crippen molar-refractivity contribution < 1.29 is 8.42 Å². The van der Waals surface area contributed by atoms with Gasteiger partial charge in [0.1, 0.15) is 0 Å². The predicted octanol–water partition coefficient (Wildman–Crippen LogP) is 4.36. The number of sulfonamides is 1. The summed E-state index contributed by atoms with van der Waals surface area (Å²) in [7, 11) is -3.80. The fourth-order valence-electron chi connectivity index (χ4n) is 2.52. The maximum atomic E-state index is 12.5. The van der Waals surface area contributed by atoms with Gasteiger partial charge in [-0.3, -0.25) is 4.72 Å². The zero-order valence-electron chi connectivity index (χ0n) is 15.6. The van der Waals surface area contributed by atoms with E-state index in [1.807, 2.05) is 26.0 Å². The molecule has 0 fully saturated rings. The van der Waals surface area contributed by atoms with Crippen molar-refractivity contribution in [3.63, 3.8) is 0 Å². The van der Waals surface area contributed by atoms with E-state index in [2.05, 4.69) is 31.6 Å². The molecule has 2 aromatic carbocycles. The van der Waals surface area contributed by atoms with Gasteiger partial charge < -0.3 is 10.6 Å². The Kier molecular flexibility index (Phi) is 6.31. The average molecular weight is 448 g/mol. The highest BCUT2D eigenvalue weighted by molar-refractivity contribution is 7.92. The number of anilines is 3. The Morgan fingerprint density at radius 3 is 2.31 bits per heavy atom. The quantitative estimate of drug-likeness (QED) is 0.500. The third-order valence-corrected chi connectivity index (χ3v) is 5.70. The molecule has 0 bridgehead atoms. The second kappa shape index (κ2) is 8.73. The number of hydrogen-bond donors (Lipinski definition) is 3. The number of nitrogens with one attached hydrogen (secondary N) is 3. The van der Waals surface area contributed by atoms with Gasteiger partial charge in [-0.2, -0.15) is 0 Å². The SMILES string of the molecule is Cc1ccc(NC(=S)Nc2ccc(S(=O)(=O)Nc3ccc(Cl)nn3)cc2)c(C)c1. The first-order valence-corrected chi connectivity index (χ1v) is 10.8. The van der Waals surface area contributed by atoms with Gasteiger partial charge in [0, 0.05) is 11.4 Å². The fourth-order valence-corrected chi connectivity index (χ4v) is 3.85. The summed E-state index contributed by atoms with van der Waals surface area (Å²) in [6.45, 7) is 4.02. The Hall–Kier alpha value is -2.75. The van der Waals surface area contributed by atoms with Crippen LogP contribution in [0.25, 0.3) is 0 Å². The van der Waals surface area contributed by atoms with Crippen LogP contribution < -0.4 is 15.4 Å². The summed E-state index contributed by atoms with van der Waals surface area (Å²) >= 11 is 11.0. The van der Waals surface area contributed by atoms with E-state index in [0.717, 1.165) is 11.3 Å². The molecule has 0 spiro atoms. The van der Waals surface area contributed by atoms with Crippen molar-refractivity contribution in [2.24, 2.45) is 0 Å². The van der Waals surface area contributed by atoms with Gasteiger partial charge in [-0.05, 0) is 74.1 Å². The molecule has 0 saturated heterocycles. The number of halogens is 1. The molecule has 3 N–H and O–H groups in total. The molecule has 150 valence electrons. The number of thiocarbonyl (C=S) groups is 1. The van der Waals surface area contributed by atoms with Gasteiger partial charge in [0.25, 0.3) is 10.0 Å². The summed E-state index contributed by atoms with van der Waals surface area (Å²) in [5, 5.41) is 14.0. The van der Waals surface area contributed by atoms with Crippen molar-refractivity contribution in [2.45, 2.75) is 18.7 Å². The number of aryl methyl sites for hydroxylation is 2. The van der Waals surface area contributed by atoms with E-state index >= 15 is 0 Å². The Balaban J connectivity index is 1.66. The normalized spacial score (nSPS) is 11.0. The highest BCUT2D eigenvalue weighted by Gasteiger charge is 2.15. The van der Waals surface area contributed by atoms with Crippen molar-refractivity contribution in [3.05, 3.63) is 70.9 Å². The lowest BCUT2D eigenvalue weighted by atomic mass is 10.1. The molecule has 0 aliphatic rings. The minimum absolute atomic E-state index is 0.0769. The van der Waals surface area contributed by atoms with Crippen LogP contribution >= 0.6 is 23.8 Å². The van der Waals surface area contributed by atoms with Crippen molar-refractivity contribution in [3.8, 4) is 0 Å². The maximum Gasteiger partial charge on any atom is 0.263 e. The number of nitrogens with zero attached hydrogens (tertiary/aromatic N) is 2. The van der Waals surface area contributed by atoms with Crippen molar-refractivity contribution in [1.29, 1.82) is 0 Å². The van der Waals surface area contributed by atoms with Gasteiger partial charge in [0.15, 0.2) is 16.1 Å². The van der Waals surface area contributed by atoms with Crippen LogP contribution in [0.5, 0.6) is 0 Å². The molecule has 29 heavy (non-hydrogen) atoms. The van der Waals surface area contributed by atoms with E-state index in [1.165, 1.54) is 29.8 Å². The molecule has 0 unspecified atom stereocenters. The van der Waals surface area contributed by atoms with E-state index in [4.69, 9.17) is 23.8 Å². The summed E-state index contributed by atoms with van der Waals surface area (Å²) in [5.41, 5.74) is 3.80. The van der Waals surface area contributed by atoms with E-state index < -0.39 is 10.0 Å². The highest BCUT2D eigenvalue weighted by atomic mass is 35.5. The monoisotopic (exact) mass is 447 g/mol. The molecule has 0 aliphatic carbocycles. The second-order valence-electron chi connectivity index (χ2n) is 6.27. The molecule has 0 atom stereocenters. The minimum Gasteiger partial charge on any atom is -0.332 e. The second-order valence-corrected chi connectivity index (χ2v) is 8.75. The van der Waals surface area contributed by atoms with Gasteiger partial charge >= 0.3 is 0 Å². The lowest BCUT2D eigenvalue weighted by Crippen LogP contribution is -2.20. The van der Waals surface area contributed by atoms with Gasteiger partial charge in [0.2, 0.25) is 0 Å². The lowest BCUT2D eigenvalue weighted by Gasteiger charge is -2.13. The van der Waals surface area contributed by atoms with Crippen molar-refractivity contribution >= 4 is 56.1 Å². The molecular formula is C19H18ClN5O2S2. The summed E-state index contributed by atoms with van der Waals surface area (Å²) in [6, 6.07) is 15.1. The van der Waals surface area contributed by atoms with Crippen LogP contribution in [-0.2, 0) is 10.0 Å². The Morgan fingerprint density at radius 2 is 1.69 bits per heavy atom. The molecule has 0 radical (unpaired) electrons. The zero-order valence-corrected chi connectivity index (χ0v) is 18.0. The molecule has 1 heterocycles. The van der Waals surface area contributed by atoms with Gasteiger partial charge in [-0.15, -0.1) is 10.2 Å². The number of rotatable bonds is 5. The number of aromatic nitrogens is 2. The topological polar surface area (TPSA) is 96.0 Å². The van der Waals surface area contributed by atoms with Crippen LogP contribution in [0.4, 0.5) is 17.2 Å². The Morgan fingerprint density at radius 1 is 0.966 bits per heavy atom. The first kappa shape index (κ1) is 21.0. The molecule has 3 aromatic rings. The first-order chi connectivity index (χ1) is 13.7. The van der Waals surface area contributed by atoms with E-state index in [9.17, 15) is 8.42 Å². The van der Waals surface area contributed by atoms with Crippen LogP contribution in [0.15, 0.2) is 59.5 Å². The molecule has 0 amide bonds.